The number of hydrogen-bond donors (Lipinski definition) is 4. The molecule has 86 valence electrons. The van der Waals surface area contributed by atoms with E-state index in [2.05, 4.69) is 20.6 Å². The number of aromatic amines is 1. The number of carboxylic acid groups (broad SMARTS) is 1. The summed E-state index contributed by atoms with van der Waals surface area (Å²) in [6.07, 6.45) is 2.06. The lowest BCUT2D eigenvalue weighted by Gasteiger charge is -2.21. The van der Waals surface area contributed by atoms with Crippen molar-refractivity contribution in [1.82, 2.24) is 20.6 Å². The van der Waals surface area contributed by atoms with Gasteiger partial charge in [0.25, 0.3) is 0 Å². The van der Waals surface area contributed by atoms with Crippen molar-refractivity contribution in [3.05, 3.63) is 17.7 Å². The van der Waals surface area contributed by atoms with Gasteiger partial charge in [0.05, 0.1) is 23.8 Å². The highest BCUT2D eigenvalue weighted by atomic mass is 16.4. The summed E-state index contributed by atoms with van der Waals surface area (Å²) in [5.74, 6) is -1.36. The number of imidazole rings is 1. The van der Waals surface area contributed by atoms with Crippen LogP contribution in [0.25, 0.3) is 0 Å². The first-order valence-corrected chi connectivity index (χ1v) is 4.91. The van der Waals surface area contributed by atoms with Crippen LogP contribution in [0, 0.1) is 0 Å². The van der Waals surface area contributed by atoms with Crippen molar-refractivity contribution in [2.75, 3.05) is 6.54 Å². The molecule has 0 aromatic carbocycles. The molecule has 0 aliphatic carbocycles. The van der Waals surface area contributed by atoms with Gasteiger partial charge in [0.15, 0.2) is 0 Å². The van der Waals surface area contributed by atoms with E-state index in [-0.39, 0.29) is 12.5 Å². The van der Waals surface area contributed by atoms with E-state index in [4.69, 9.17) is 5.11 Å². The third-order valence-electron chi connectivity index (χ3n) is 2.46. The average molecular weight is 224 g/mol. The molecular weight excluding hydrogens is 212 g/mol. The predicted octanol–water partition coefficient (Wildman–Crippen LogP) is -1.38. The maximum absolute atomic E-state index is 11.6. The van der Waals surface area contributed by atoms with E-state index < -0.39 is 12.0 Å². The van der Waals surface area contributed by atoms with E-state index in [1.54, 1.807) is 6.33 Å². The number of aliphatic carboxylic acids is 1. The number of H-pyrrole nitrogens is 1. The Morgan fingerprint density at radius 3 is 3.19 bits per heavy atom. The Kier molecular flexibility index (Phi) is 2.86. The van der Waals surface area contributed by atoms with E-state index in [0.717, 1.165) is 11.4 Å². The standard InChI is InChI=1S/C9H12N4O3/c14-8(15)3-11-9(16)6-1-5-7(2-10-6)13-4-12-5/h4,6,10H,1-3H2,(H,11,16)(H,12,13)(H,14,15). The molecule has 16 heavy (non-hydrogen) atoms. The molecule has 1 aliphatic rings. The lowest BCUT2D eigenvalue weighted by molar-refractivity contribution is -0.138. The minimum atomic E-state index is -1.05. The second kappa shape index (κ2) is 4.31. The van der Waals surface area contributed by atoms with Crippen LogP contribution >= 0.6 is 0 Å². The number of nitrogens with one attached hydrogen (secondary N) is 3. The van der Waals surface area contributed by atoms with Crippen LogP contribution in [-0.2, 0) is 22.6 Å². The molecule has 4 N–H and O–H groups in total. The molecule has 1 atom stereocenters. The molecule has 0 saturated carbocycles. The van der Waals surface area contributed by atoms with E-state index in [0.29, 0.717) is 13.0 Å². The fraction of sp³-hybridized carbons (Fsp3) is 0.444. The molecular formula is C9H12N4O3. The lowest BCUT2D eigenvalue weighted by Crippen LogP contribution is -2.48. The van der Waals surface area contributed by atoms with Crippen LogP contribution in [0.4, 0.5) is 0 Å². The smallest absolute Gasteiger partial charge is 0.322 e. The normalized spacial score (nSPS) is 18.9. The van der Waals surface area contributed by atoms with Crippen molar-refractivity contribution in [1.29, 1.82) is 0 Å². The Hall–Kier alpha value is -1.89. The van der Waals surface area contributed by atoms with Crippen molar-refractivity contribution in [2.24, 2.45) is 0 Å². The highest BCUT2D eigenvalue weighted by Gasteiger charge is 2.25. The molecule has 0 fully saturated rings. The summed E-state index contributed by atoms with van der Waals surface area (Å²) in [6, 6.07) is -0.407. The topological polar surface area (TPSA) is 107 Å². The summed E-state index contributed by atoms with van der Waals surface area (Å²) < 4.78 is 0. The van der Waals surface area contributed by atoms with Crippen LogP contribution in [0.2, 0.25) is 0 Å². The Balaban J connectivity index is 1.93. The summed E-state index contributed by atoms with van der Waals surface area (Å²) in [4.78, 5) is 28.9. The molecule has 0 saturated heterocycles. The highest BCUT2D eigenvalue weighted by Crippen LogP contribution is 2.11. The number of aromatic nitrogens is 2. The quantitative estimate of drug-likeness (QED) is 0.506. The number of hydrogen-bond acceptors (Lipinski definition) is 4. The van der Waals surface area contributed by atoms with Gasteiger partial charge in [0.1, 0.15) is 6.54 Å². The van der Waals surface area contributed by atoms with Crippen LogP contribution in [0.15, 0.2) is 6.33 Å². The van der Waals surface area contributed by atoms with Gasteiger partial charge in [-0.05, 0) is 0 Å². The summed E-state index contributed by atoms with van der Waals surface area (Å²) in [5, 5.41) is 13.8. The van der Waals surface area contributed by atoms with Gasteiger partial charge in [0.2, 0.25) is 5.91 Å². The molecule has 7 heteroatoms. The highest BCUT2D eigenvalue weighted by molar-refractivity contribution is 5.85. The van der Waals surface area contributed by atoms with Crippen molar-refractivity contribution < 1.29 is 14.7 Å². The zero-order chi connectivity index (χ0) is 11.5. The molecule has 0 radical (unpaired) electrons. The van der Waals surface area contributed by atoms with Crippen molar-refractivity contribution in [2.45, 2.75) is 19.0 Å². The van der Waals surface area contributed by atoms with Gasteiger partial charge in [-0.3, -0.25) is 14.9 Å². The van der Waals surface area contributed by atoms with Crippen LogP contribution < -0.4 is 10.6 Å². The van der Waals surface area contributed by atoms with Gasteiger partial charge in [-0.1, -0.05) is 0 Å². The number of nitrogens with zero attached hydrogens (tertiary/aromatic N) is 1. The maximum atomic E-state index is 11.6. The summed E-state index contributed by atoms with van der Waals surface area (Å²) in [6.45, 7) is 0.185. The number of carboxylic acids is 1. The molecule has 0 spiro atoms. The Bertz CT molecular complexity index is 415. The zero-order valence-corrected chi connectivity index (χ0v) is 8.49. The third kappa shape index (κ3) is 2.19. The Morgan fingerprint density at radius 1 is 1.62 bits per heavy atom. The number of amides is 1. The fourth-order valence-electron chi connectivity index (χ4n) is 1.64. The minimum Gasteiger partial charge on any atom is -0.480 e. The van der Waals surface area contributed by atoms with Gasteiger partial charge < -0.3 is 15.4 Å². The predicted molar refractivity (Wildman–Crippen MR) is 53.6 cm³/mol. The van der Waals surface area contributed by atoms with Gasteiger partial charge in [-0.2, -0.15) is 0 Å². The van der Waals surface area contributed by atoms with Crippen LogP contribution in [0.5, 0.6) is 0 Å². The SMILES string of the molecule is O=C(O)CNC(=O)C1Cc2nc[nH]c2CN1. The fourth-order valence-corrected chi connectivity index (χ4v) is 1.64. The Morgan fingerprint density at radius 2 is 2.44 bits per heavy atom. The Labute approximate surface area is 91.3 Å². The number of carbonyl (C=O) groups excluding carboxylic acids is 1. The lowest BCUT2D eigenvalue weighted by atomic mass is 10.0. The average Bonchev–Trinajstić information content (AvgIpc) is 2.72. The molecule has 2 heterocycles. The van der Waals surface area contributed by atoms with Gasteiger partial charge >= 0.3 is 5.97 Å². The van der Waals surface area contributed by atoms with Gasteiger partial charge in [-0.15, -0.1) is 0 Å². The first-order valence-electron chi connectivity index (χ1n) is 4.91. The molecule has 1 amide bonds. The van der Waals surface area contributed by atoms with E-state index in [9.17, 15) is 9.59 Å². The van der Waals surface area contributed by atoms with Crippen molar-refractivity contribution in [3.8, 4) is 0 Å². The van der Waals surface area contributed by atoms with Crippen molar-refractivity contribution in [3.63, 3.8) is 0 Å². The van der Waals surface area contributed by atoms with E-state index in [1.165, 1.54) is 0 Å². The summed E-state index contributed by atoms with van der Waals surface area (Å²) in [7, 11) is 0. The van der Waals surface area contributed by atoms with Crippen LogP contribution in [0.1, 0.15) is 11.4 Å². The maximum Gasteiger partial charge on any atom is 0.322 e. The largest absolute Gasteiger partial charge is 0.480 e. The monoisotopic (exact) mass is 224 g/mol. The molecule has 1 aromatic rings. The molecule has 1 unspecified atom stereocenters. The van der Waals surface area contributed by atoms with Crippen molar-refractivity contribution >= 4 is 11.9 Å². The second-order valence-corrected chi connectivity index (χ2v) is 3.58. The zero-order valence-electron chi connectivity index (χ0n) is 8.49. The first-order chi connectivity index (χ1) is 7.66. The molecule has 2 rings (SSSR count). The second-order valence-electron chi connectivity index (χ2n) is 3.58. The van der Waals surface area contributed by atoms with Gasteiger partial charge in [0, 0.05) is 13.0 Å². The third-order valence-corrected chi connectivity index (χ3v) is 2.46. The van der Waals surface area contributed by atoms with E-state index in [1.807, 2.05) is 0 Å². The summed E-state index contributed by atoms with van der Waals surface area (Å²) in [5.41, 5.74) is 1.83. The number of carbonyl (C=O) groups is 2. The van der Waals surface area contributed by atoms with E-state index >= 15 is 0 Å². The molecule has 7 nitrogen and oxygen atoms in total. The summed E-state index contributed by atoms with van der Waals surface area (Å²) >= 11 is 0. The molecule has 1 aliphatic heterocycles. The number of fused-ring (bicyclic) bond motifs is 1. The minimum absolute atomic E-state index is 0.309. The molecule has 1 aromatic heterocycles. The van der Waals surface area contributed by atoms with Gasteiger partial charge in [-0.25, -0.2) is 4.98 Å². The number of rotatable bonds is 3. The first kappa shape index (κ1) is 10.6. The van der Waals surface area contributed by atoms with Crippen LogP contribution in [0.3, 0.4) is 0 Å². The molecule has 0 bridgehead atoms. The van der Waals surface area contributed by atoms with Crippen LogP contribution in [-0.4, -0.2) is 39.5 Å².